The van der Waals surface area contributed by atoms with E-state index in [1.54, 1.807) is 6.33 Å². The van der Waals surface area contributed by atoms with Gasteiger partial charge in [0.2, 0.25) is 5.91 Å². The third kappa shape index (κ3) is 3.82. The van der Waals surface area contributed by atoms with E-state index < -0.39 is 0 Å². The van der Waals surface area contributed by atoms with Gasteiger partial charge in [-0.2, -0.15) is 0 Å². The fourth-order valence-electron chi connectivity index (χ4n) is 2.70. The average molecular weight is 276 g/mol. The largest absolute Gasteiger partial charge is 0.341 e. The van der Waals surface area contributed by atoms with Crippen molar-refractivity contribution in [1.82, 2.24) is 19.8 Å². The van der Waals surface area contributed by atoms with Crippen LogP contribution in [0.1, 0.15) is 44.2 Å². The summed E-state index contributed by atoms with van der Waals surface area (Å²) in [5.41, 5.74) is 1.03. The second kappa shape index (κ2) is 6.39. The summed E-state index contributed by atoms with van der Waals surface area (Å²) in [6.45, 7) is 3.08. The Bertz CT molecular complexity index is 444. The Hall–Kier alpha value is -1.36. The zero-order valence-corrected chi connectivity index (χ0v) is 12.1. The number of carbonyl (C=O) groups excluding carboxylic acids is 1. The Morgan fingerprint density at radius 3 is 2.70 bits per heavy atom. The predicted octanol–water partition coefficient (Wildman–Crippen LogP) is 1.54. The minimum absolute atomic E-state index is 0.228. The second-order valence-corrected chi connectivity index (χ2v) is 5.99. The molecule has 20 heavy (non-hydrogen) atoms. The Morgan fingerprint density at radius 1 is 1.25 bits per heavy atom. The van der Waals surface area contributed by atoms with E-state index >= 15 is 0 Å². The highest BCUT2D eigenvalue weighted by molar-refractivity contribution is 5.76. The van der Waals surface area contributed by atoms with E-state index in [2.05, 4.69) is 10.3 Å². The molecule has 1 aliphatic heterocycles. The summed E-state index contributed by atoms with van der Waals surface area (Å²) in [4.78, 5) is 18.6. The summed E-state index contributed by atoms with van der Waals surface area (Å²) < 4.78 is 1.91. The molecule has 5 heteroatoms. The van der Waals surface area contributed by atoms with Crippen molar-refractivity contribution < 1.29 is 4.79 Å². The summed E-state index contributed by atoms with van der Waals surface area (Å²) in [5.74, 6) is 0.228. The van der Waals surface area contributed by atoms with Crippen molar-refractivity contribution in [2.24, 2.45) is 0 Å². The summed E-state index contributed by atoms with van der Waals surface area (Å²) in [7, 11) is 0. The topological polar surface area (TPSA) is 50.2 Å². The molecule has 5 nitrogen and oxygen atoms in total. The molecule has 0 aromatic carbocycles. The van der Waals surface area contributed by atoms with Crippen LogP contribution < -0.4 is 5.32 Å². The highest BCUT2D eigenvalue weighted by atomic mass is 16.2. The first-order valence-corrected chi connectivity index (χ1v) is 7.83. The van der Waals surface area contributed by atoms with E-state index in [0.29, 0.717) is 12.6 Å². The van der Waals surface area contributed by atoms with Crippen LogP contribution in [0, 0.1) is 0 Å². The molecule has 1 saturated carbocycles. The molecule has 0 radical (unpaired) electrons. The van der Waals surface area contributed by atoms with Gasteiger partial charge in [0.05, 0.1) is 12.0 Å². The Labute approximate surface area is 120 Å². The second-order valence-electron chi connectivity index (χ2n) is 5.99. The van der Waals surface area contributed by atoms with Crippen LogP contribution in [0.4, 0.5) is 0 Å². The van der Waals surface area contributed by atoms with Crippen LogP contribution in [0.2, 0.25) is 0 Å². The number of nitrogens with one attached hydrogen (secondary N) is 1. The van der Waals surface area contributed by atoms with Gasteiger partial charge >= 0.3 is 0 Å². The number of amides is 1. The zero-order valence-electron chi connectivity index (χ0n) is 12.1. The molecule has 0 spiro atoms. The number of hydrogen-bond donors (Lipinski definition) is 1. The molecule has 1 saturated heterocycles. The van der Waals surface area contributed by atoms with Crippen LogP contribution in [-0.2, 0) is 17.9 Å². The monoisotopic (exact) mass is 276 g/mol. The minimum Gasteiger partial charge on any atom is -0.341 e. The number of nitrogens with zero attached hydrogens (tertiary/aromatic N) is 3. The number of rotatable bonds is 5. The SMILES string of the molecule is O=C(Cn1cnc(CNC2CC2)c1)N1CCCCCC1. The number of likely N-dealkylation sites (tertiary alicyclic amines) is 1. The molecule has 2 fully saturated rings. The highest BCUT2D eigenvalue weighted by Gasteiger charge is 2.20. The van der Waals surface area contributed by atoms with Crippen LogP contribution >= 0.6 is 0 Å². The molecule has 0 bridgehead atoms. The van der Waals surface area contributed by atoms with Gasteiger partial charge in [0.15, 0.2) is 0 Å². The lowest BCUT2D eigenvalue weighted by atomic mass is 10.2. The van der Waals surface area contributed by atoms with Gasteiger partial charge < -0.3 is 14.8 Å². The van der Waals surface area contributed by atoms with E-state index in [1.165, 1.54) is 25.7 Å². The Balaban J connectivity index is 1.49. The molecular weight excluding hydrogens is 252 g/mol. The molecule has 1 amide bonds. The van der Waals surface area contributed by atoms with Crippen LogP contribution in [0.5, 0.6) is 0 Å². The van der Waals surface area contributed by atoms with Crippen molar-refractivity contribution in [3.8, 4) is 0 Å². The average Bonchev–Trinajstić information content (AvgIpc) is 3.22. The lowest BCUT2D eigenvalue weighted by molar-refractivity contribution is -0.131. The number of carbonyl (C=O) groups is 1. The maximum Gasteiger partial charge on any atom is 0.242 e. The summed E-state index contributed by atoms with van der Waals surface area (Å²) in [5, 5.41) is 3.44. The van der Waals surface area contributed by atoms with Crippen molar-refractivity contribution in [1.29, 1.82) is 0 Å². The van der Waals surface area contributed by atoms with Crippen molar-refractivity contribution in [2.75, 3.05) is 13.1 Å². The molecule has 1 aromatic rings. The smallest absolute Gasteiger partial charge is 0.242 e. The molecule has 2 aliphatic rings. The molecule has 110 valence electrons. The van der Waals surface area contributed by atoms with Gasteiger partial charge in [-0.3, -0.25) is 4.79 Å². The van der Waals surface area contributed by atoms with Gasteiger partial charge in [-0.25, -0.2) is 4.98 Å². The van der Waals surface area contributed by atoms with E-state index in [9.17, 15) is 4.79 Å². The summed E-state index contributed by atoms with van der Waals surface area (Å²) in [6, 6.07) is 0.693. The zero-order chi connectivity index (χ0) is 13.8. The fourth-order valence-corrected chi connectivity index (χ4v) is 2.70. The fraction of sp³-hybridized carbons (Fsp3) is 0.733. The molecule has 1 aliphatic carbocycles. The maximum absolute atomic E-state index is 12.3. The third-order valence-electron chi connectivity index (χ3n) is 4.11. The normalized spacial score (nSPS) is 19.9. The van der Waals surface area contributed by atoms with Gasteiger partial charge in [0.25, 0.3) is 0 Å². The molecular formula is C15H24N4O. The lowest BCUT2D eigenvalue weighted by Crippen LogP contribution is -2.34. The van der Waals surface area contributed by atoms with Crippen LogP contribution in [0.15, 0.2) is 12.5 Å². The van der Waals surface area contributed by atoms with E-state index in [1.807, 2.05) is 15.7 Å². The molecule has 0 unspecified atom stereocenters. The lowest BCUT2D eigenvalue weighted by Gasteiger charge is -2.20. The first-order valence-electron chi connectivity index (χ1n) is 7.83. The van der Waals surface area contributed by atoms with Gasteiger partial charge in [-0.15, -0.1) is 0 Å². The van der Waals surface area contributed by atoms with Crippen LogP contribution in [0.3, 0.4) is 0 Å². The first-order chi connectivity index (χ1) is 9.81. The minimum atomic E-state index is 0.228. The van der Waals surface area contributed by atoms with Crippen molar-refractivity contribution in [3.05, 3.63) is 18.2 Å². The van der Waals surface area contributed by atoms with E-state index in [4.69, 9.17) is 0 Å². The van der Waals surface area contributed by atoms with Crippen molar-refractivity contribution in [2.45, 2.75) is 57.7 Å². The summed E-state index contributed by atoms with van der Waals surface area (Å²) >= 11 is 0. The van der Waals surface area contributed by atoms with Crippen molar-refractivity contribution in [3.63, 3.8) is 0 Å². The molecule has 0 atom stereocenters. The third-order valence-corrected chi connectivity index (χ3v) is 4.11. The van der Waals surface area contributed by atoms with Gasteiger partial charge in [0.1, 0.15) is 6.54 Å². The first kappa shape index (κ1) is 13.6. The van der Waals surface area contributed by atoms with Crippen LogP contribution in [0.25, 0.3) is 0 Å². The Kier molecular flexibility index (Phi) is 4.35. The predicted molar refractivity (Wildman–Crippen MR) is 77.1 cm³/mol. The van der Waals surface area contributed by atoms with Gasteiger partial charge in [-0.1, -0.05) is 12.8 Å². The molecule has 3 rings (SSSR count). The standard InChI is InChI=1S/C15H24N4O/c20-15(19-7-3-1-2-4-8-19)11-18-10-14(17-12-18)9-16-13-5-6-13/h10,12-13,16H,1-9,11H2. The Morgan fingerprint density at radius 2 is 2.00 bits per heavy atom. The van der Waals surface area contributed by atoms with E-state index in [0.717, 1.165) is 38.2 Å². The van der Waals surface area contributed by atoms with E-state index in [-0.39, 0.29) is 5.91 Å². The number of imidazole rings is 1. The van der Waals surface area contributed by atoms with Crippen molar-refractivity contribution >= 4 is 5.91 Å². The molecule has 1 aromatic heterocycles. The maximum atomic E-state index is 12.3. The van der Waals surface area contributed by atoms with Gasteiger partial charge in [-0.05, 0) is 25.7 Å². The quantitative estimate of drug-likeness (QED) is 0.887. The molecule has 2 heterocycles. The van der Waals surface area contributed by atoms with Crippen LogP contribution in [-0.4, -0.2) is 39.5 Å². The molecule has 1 N–H and O–H groups in total. The number of aromatic nitrogens is 2. The summed E-state index contributed by atoms with van der Waals surface area (Å²) in [6.07, 6.45) is 11.1. The van der Waals surface area contributed by atoms with Gasteiger partial charge in [0, 0.05) is 31.9 Å². The highest BCUT2D eigenvalue weighted by Crippen LogP contribution is 2.19. The number of hydrogen-bond acceptors (Lipinski definition) is 3.